The Morgan fingerprint density at radius 1 is 1.31 bits per heavy atom. The summed E-state index contributed by atoms with van der Waals surface area (Å²) in [6.07, 6.45) is 0. The topological polar surface area (TPSA) is 32.3 Å². The number of rotatable bonds is 5. The van der Waals surface area contributed by atoms with Gasteiger partial charge in [0.2, 0.25) is 0 Å². The molecule has 1 aromatic carbocycles. The summed E-state index contributed by atoms with van der Waals surface area (Å²) in [5, 5.41) is 13.9. The van der Waals surface area contributed by atoms with E-state index >= 15 is 0 Å². The van der Waals surface area contributed by atoms with E-state index in [1.54, 1.807) is 18.2 Å². The van der Waals surface area contributed by atoms with Crippen LogP contribution in [-0.2, 0) is 0 Å². The SMILES string of the molecule is CC(C)CNC(CO)c1cc(Cl)ccc1Cl. The summed E-state index contributed by atoms with van der Waals surface area (Å²) in [6.45, 7) is 5.06. The van der Waals surface area contributed by atoms with Crippen LogP contribution in [0.15, 0.2) is 18.2 Å². The van der Waals surface area contributed by atoms with Crippen LogP contribution in [0.3, 0.4) is 0 Å². The molecule has 1 rings (SSSR count). The average molecular weight is 262 g/mol. The van der Waals surface area contributed by atoms with E-state index < -0.39 is 0 Å². The fourth-order valence-corrected chi connectivity index (χ4v) is 1.86. The monoisotopic (exact) mass is 261 g/mol. The lowest BCUT2D eigenvalue weighted by Gasteiger charge is -2.19. The number of benzene rings is 1. The highest BCUT2D eigenvalue weighted by Crippen LogP contribution is 2.26. The lowest BCUT2D eigenvalue weighted by atomic mass is 10.1. The molecule has 2 N–H and O–H groups in total. The van der Waals surface area contributed by atoms with Gasteiger partial charge in [-0.3, -0.25) is 0 Å². The predicted molar refractivity (Wildman–Crippen MR) is 69.1 cm³/mol. The second-order valence-electron chi connectivity index (χ2n) is 4.20. The van der Waals surface area contributed by atoms with Crippen LogP contribution in [0.25, 0.3) is 0 Å². The first-order chi connectivity index (χ1) is 7.54. The summed E-state index contributed by atoms with van der Waals surface area (Å²) in [5.74, 6) is 0.520. The maximum Gasteiger partial charge on any atom is 0.0627 e. The van der Waals surface area contributed by atoms with Gasteiger partial charge in [-0.2, -0.15) is 0 Å². The van der Waals surface area contributed by atoms with E-state index in [1.807, 2.05) is 0 Å². The number of hydrogen-bond acceptors (Lipinski definition) is 2. The van der Waals surface area contributed by atoms with E-state index in [1.165, 1.54) is 0 Å². The third-order valence-corrected chi connectivity index (χ3v) is 2.87. The standard InChI is InChI=1S/C12H17Cl2NO/c1-8(2)6-15-12(7-16)10-5-9(13)3-4-11(10)14/h3-5,8,12,15-16H,6-7H2,1-2H3. The molecule has 0 fully saturated rings. The summed E-state index contributed by atoms with van der Waals surface area (Å²) in [5.41, 5.74) is 0.845. The number of nitrogens with one attached hydrogen (secondary N) is 1. The van der Waals surface area contributed by atoms with Crippen LogP contribution in [0.1, 0.15) is 25.5 Å². The zero-order valence-corrected chi connectivity index (χ0v) is 11.0. The lowest BCUT2D eigenvalue weighted by Crippen LogP contribution is -2.28. The highest BCUT2D eigenvalue weighted by atomic mass is 35.5. The first-order valence-electron chi connectivity index (χ1n) is 5.33. The third-order valence-electron chi connectivity index (χ3n) is 2.29. The summed E-state index contributed by atoms with van der Waals surface area (Å²) < 4.78 is 0. The smallest absolute Gasteiger partial charge is 0.0627 e. The highest BCUT2D eigenvalue weighted by Gasteiger charge is 2.14. The van der Waals surface area contributed by atoms with E-state index in [0.717, 1.165) is 12.1 Å². The molecule has 0 spiro atoms. The Morgan fingerprint density at radius 2 is 2.00 bits per heavy atom. The van der Waals surface area contributed by atoms with Crippen molar-refractivity contribution >= 4 is 23.2 Å². The number of halogens is 2. The molecule has 0 aromatic heterocycles. The third kappa shape index (κ3) is 3.95. The van der Waals surface area contributed by atoms with Gasteiger partial charge in [-0.1, -0.05) is 37.0 Å². The first-order valence-corrected chi connectivity index (χ1v) is 6.09. The molecule has 0 saturated carbocycles. The normalized spacial score (nSPS) is 13.1. The van der Waals surface area contributed by atoms with Crippen molar-refractivity contribution in [2.24, 2.45) is 5.92 Å². The summed E-state index contributed by atoms with van der Waals surface area (Å²) in [7, 11) is 0. The average Bonchev–Trinajstić information content (AvgIpc) is 2.23. The molecule has 90 valence electrons. The minimum absolute atomic E-state index is 0.00673. The molecule has 2 nitrogen and oxygen atoms in total. The zero-order valence-electron chi connectivity index (χ0n) is 9.50. The molecule has 1 unspecified atom stereocenters. The maximum absolute atomic E-state index is 9.34. The van der Waals surface area contributed by atoms with Gasteiger partial charge >= 0.3 is 0 Å². The number of aliphatic hydroxyl groups excluding tert-OH is 1. The van der Waals surface area contributed by atoms with Crippen molar-refractivity contribution in [3.8, 4) is 0 Å². The van der Waals surface area contributed by atoms with E-state index in [9.17, 15) is 5.11 Å². The van der Waals surface area contributed by atoms with Gasteiger partial charge in [0.1, 0.15) is 0 Å². The van der Waals surface area contributed by atoms with E-state index in [2.05, 4.69) is 19.2 Å². The molecule has 0 aliphatic rings. The van der Waals surface area contributed by atoms with Gasteiger partial charge in [0, 0.05) is 10.0 Å². The van der Waals surface area contributed by atoms with Crippen molar-refractivity contribution in [2.45, 2.75) is 19.9 Å². The van der Waals surface area contributed by atoms with Crippen molar-refractivity contribution in [1.29, 1.82) is 0 Å². The van der Waals surface area contributed by atoms with Gasteiger partial charge < -0.3 is 10.4 Å². The van der Waals surface area contributed by atoms with Gasteiger partial charge in [-0.15, -0.1) is 0 Å². The second-order valence-corrected chi connectivity index (χ2v) is 5.05. The van der Waals surface area contributed by atoms with Crippen LogP contribution >= 0.6 is 23.2 Å². The quantitative estimate of drug-likeness (QED) is 0.853. The largest absolute Gasteiger partial charge is 0.394 e. The van der Waals surface area contributed by atoms with Crippen molar-refractivity contribution in [3.63, 3.8) is 0 Å². The summed E-state index contributed by atoms with van der Waals surface area (Å²) >= 11 is 12.0. The molecular weight excluding hydrogens is 245 g/mol. The molecule has 0 amide bonds. The Hall–Kier alpha value is -0.280. The molecule has 1 aromatic rings. The molecule has 0 heterocycles. The van der Waals surface area contributed by atoms with Crippen LogP contribution in [-0.4, -0.2) is 18.3 Å². The van der Waals surface area contributed by atoms with Gasteiger partial charge in [0.05, 0.1) is 12.6 Å². The molecule has 0 aliphatic heterocycles. The van der Waals surface area contributed by atoms with E-state index in [0.29, 0.717) is 16.0 Å². The number of aliphatic hydroxyl groups is 1. The molecule has 0 radical (unpaired) electrons. The Morgan fingerprint density at radius 3 is 2.56 bits per heavy atom. The molecule has 0 bridgehead atoms. The van der Waals surface area contributed by atoms with Gasteiger partial charge in [-0.05, 0) is 36.2 Å². The Balaban J connectivity index is 2.81. The molecule has 0 saturated heterocycles. The van der Waals surface area contributed by atoms with Gasteiger partial charge in [0.15, 0.2) is 0 Å². The molecule has 4 heteroatoms. The van der Waals surface area contributed by atoms with Crippen LogP contribution in [0, 0.1) is 5.92 Å². The number of hydrogen-bond donors (Lipinski definition) is 2. The van der Waals surface area contributed by atoms with E-state index in [4.69, 9.17) is 23.2 Å². The van der Waals surface area contributed by atoms with Gasteiger partial charge in [0.25, 0.3) is 0 Å². The Labute approximate surface area is 107 Å². The zero-order chi connectivity index (χ0) is 12.1. The molecule has 16 heavy (non-hydrogen) atoms. The molecule has 1 atom stereocenters. The van der Waals surface area contributed by atoms with Crippen LogP contribution < -0.4 is 5.32 Å². The van der Waals surface area contributed by atoms with Crippen molar-refractivity contribution in [2.75, 3.05) is 13.2 Å². The maximum atomic E-state index is 9.34. The van der Waals surface area contributed by atoms with Crippen LogP contribution in [0.2, 0.25) is 10.0 Å². The highest BCUT2D eigenvalue weighted by molar-refractivity contribution is 6.33. The minimum atomic E-state index is -0.159. The van der Waals surface area contributed by atoms with Crippen molar-refractivity contribution in [3.05, 3.63) is 33.8 Å². The lowest BCUT2D eigenvalue weighted by molar-refractivity contribution is 0.241. The van der Waals surface area contributed by atoms with E-state index in [-0.39, 0.29) is 12.6 Å². The van der Waals surface area contributed by atoms with Crippen molar-refractivity contribution < 1.29 is 5.11 Å². The van der Waals surface area contributed by atoms with Gasteiger partial charge in [-0.25, -0.2) is 0 Å². The molecular formula is C12H17Cl2NO. The Bertz CT molecular complexity index is 342. The Kier molecular flexibility index (Phi) is 5.56. The molecule has 0 aliphatic carbocycles. The fraction of sp³-hybridized carbons (Fsp3) is 0.500. The van der Waals surface area contributed by atoms with Crippen molar-refractivity contribution in [1.82, 2.24) is 5.32 Å². The summed E-state index contributed by atoms with van der Waals surface area (Å²) in [6, 6.07) is 5.12. The summed E-state index contributed by atoms with van der Waals surface area (Å²) in [4.78, 5) is 0. The second kappa shape index (κ2) is 6.45. The van der Waals surface area contributed by atoms with Crippen LogP contribution in [0.4, 0.5) is 0 Å². The predicted octanol–water partition coefficient (Wildman–Crippen LogP) is 3.27. The fourth-order valence-electron chi connectivity index (χ4n) is 1.43. The first kappa shape index (κ1) is 13.8. The minimum Gasteiger partial charge on any atom is -0.394 e. The van der Waals surface area contributed by atoms with Crippen LogP contribution in [0.5, 0.6) is 0 Å².